The molecule has 0 aliphatic carbocycles. The molecular weight excluding hydrogens is 273 g/mol. The van der Waals surface area contributed by atoms with Crippen LogP contribution >= 0.6 is 23.2 Å². The molecule has 1 aromatic heterocycles. The van der Waals surface area contributed by atoms with Crippen LogP contribution in [0.4, 0.5) is 0 Å². The van der Waals surface area contributed by atoms with Crippen LogP contribution in [0.15, 0.2) is 35.4 Å². The molecular formula is C12H11Cl2N3O. The quantitative estimate of drug-likeness (QED) is 0.676. The lowest BCUT2D eigenvalue weighted by Crippen LogP contribution is -2.12. The lowest BCUT2D eigenvalue weighted by Gasteiger charge is -1.97. The Hall–Kier alpha value is -1.36. The molecule has 1 N–H and O–H groups in total. The van der Waals surface area contributed by atoms with Gasteiger partial charge in [0.2, 0.25) is 11.7 Å². The smallest absolute Gasteiger partial charge is 0.240 e. The maximum absolute atomic E-state index is 5.93. The van der Waals surface area contributed by atoms with Crippen molar-refractivity contribution in [2.24, 2.45) is 0 Å². The second-order valence-corrected chi connectivity index (χ2v) is 4.37. The molecule has 0 fully saturated rings. The Morgan fingerprint density at radius 1 is 1.33 bits per heavy atom. The minimum atomic E-state index is 0.463. The van der Waals surface area contributed by atoms with Gasteiger partial charge in [-0.15, -0.1) is 6.58 Å². The molecule has 0 bridgehead atoms. The molecule has 0 aliphatic heterocycles. The van der Waals surface area contributed by atoms with Crippen LogP contribution in [0.3, 0.4) is 0 Å². The Bertz CT molecular complexity index is 554. The second kappa shape index (κ2) is 6.00. The normalized spacial score (nSPS) is 10.6. The van der Waals surface area contributed by atoms with Gasteiger partial charge in [-0.05, 0) is 18.2 Å². The van der Waals surface area contributed by atoms with Gasteiger partial charge in [0.15, 0.2) is 0 Å². The monoisotopic (exact) mass is 283 g/mol. The summed E-state index contributed by atoms with van der Waals surface area (Å²) in [5.41, 5.74) is 0.767. The molecule has 0 radical (unpaired) electrons. The minimum absolute atomic E-state index is 0.463. The van der Waals surface area contributed by atoms with Crippen LogP contribution in [0, 0.1) is 0 Å². The molecule has 0 atom stereocenters. The average Bonchev–Trinajstić information content (AvgIpc) is 2.82. The first-order valence-corrected chi connectivity index (χ1v) is 6.06. The van der Waals surface area contributed by atoms with Crippen LogP contribution in [-0.4, -0.2) is 16.7 Å². The lowest BCUT2D eigenvalue weighted by molar-refractivity contribution is 0.370. The first kappa shape index (κ1) is 13.1. The van der Waals surface area contributed by atoms with Crippen LogP contribution in [-0.2, 0) is 6.54 Å². The van der Waals surface area contributed by atoms with E-state index in [9.17, 15) is 0 Å². The van der Waals surface area contributed by atoms with Crippen LogP contribution < -0.4 is 5.32 Å². The first-order chi connectivity index (χ1) is 8.70. The summed E-state index contributed by atoms with van der Waals surface area (Å²) in [6, 6.07) is 5.20. The number of nitrogens with one attached hydrogen (secondary N) is 1. The standard InChI is InChI=1S/C12H11Cl2N3O/c1-2-5-15-7-11-16-12(17-18-11)8-3-4-9(13)10(14)6-8/h2-4,6,15H,1,5,7H2. The molecule has 2 rings (SSSR count). The van der Waals surface area contributed by atoms with Crippen molar-refractivity contribution in [3.05, 3.63) is 46.8 Å². The van der Waals surface area contributed by atoms with Crippen molar-refractivity contribution in [1.82, 2.24) is 15.5 Å². The van der Waals surface area contributed by atoms with Crippen molar-refractivity contribution in [2.75, 3.05) is 6.54 Å². The number of halogens is 2. The Kier molecular flexibility index (Phi) is 4.36. The maximum atomic E-state index is 5.93. The molecule has 0 spiro atoms. The van der Waals surface area contributed by atoms with Gasteiger partial charge in [-0.2, -0.15) is 4.98 Å². The minimum Gasteiger partial charge on any atom is -0.338 e. The van der Waals surface area contributed by atoms with E-state index >= 15 is 0 Å². The van der Waals surface area contributed by atoms with Gasteiger partial charge in [0.25, 0.3) is 0 Å². The second-order valence-electron chi connectivity index (χ2n) is 3.56. The third kappa shape index (κ3) is 3.10. The fourth-order valence-electron chi connectivity index (χ4n) is 1.36. The van der Waals surface area contributed by atoms with E-state index in [4.69, 9.17) is 27.7 Å². The Morgan fingerprint density at radius 2 is 2.17 bits per heavy atom. The Balaban J connectivity index is 2.13. The van der Waals surface area contributed by atoms with Crippen LogP contribution in [0.1, 0.15) is 5.89 Å². The molecule has 4 nitrogen and oxygen atoms in total. The Labute approximate surface area is 115 Å². The van der Waals surface area contributed by atoms with Crippen LogP contribution in [0.25, 0.3) is 11.4 Å². The highest BCUT2D eigenvalue weighted by Crippen LogP contribution is 2.26. The van der Waals surface area contributed by atoms with Crippen molar-refractivity contribution in [1.29, 1.82) is 0 Å². The molecule has 0 aliphatic rings. The third-order valence-corrected chi connectivity index (χ3v) is 2.95. The maximum Gasteiger partial charge on any atom is 0.240 e. The highest BCUT2D eigenvalue weighted by molar-refractivity contribution is 6.42. The molecule has 94 valence electrons. The van der Waals surface area contributed by atoms with Crippen molar-refractivity contribution in [2.45, 2.75) is 6.54 Å². The number of hydrogen-bond donors (Lipinski definition) is 1. The predicted molar refractivity (Wildman–Crippen MR) is 71.7 cm³/mol. The van der Waals surface area contributed by atoms with Gasteiger partial charge in [0, 0.05) is 12.1 Å². The molecule has 18 heavy (non-hydrogen) atoms. The van der Waals surface area contributed by atoms with Crippen molar-refractivity contribution < 1.29 is 4.52 Å². The van der Waals surface area contributed by atoms with Gasteiger partial charge < -0.3 is 9.84 Å². The van der Waals surface area contributed by atoms with Gasteiger partial charge in [0.05, 0.1) is 16.6 Å². The Morgan fingerprint density at radius 3 is 2.89 bits per heavy atom. The molecule has 0 unspecified atom stereocenters. The molecule has 1 aromatic carbocycles. The fraction of sp³-hybridized carbons (Fsp3) is 0.167. The molecule has 0 amide bonds. The van der Waals surface area contributed by atoms with Crippen molar-refractivity contribution in [3.63, 3.8) is 0 Å². The zero-order chi connectivity index (χ0) is 13.0. The van der Waals surface area contributed by atoms with Gasteiger partial charge >= 0.3 is 0 Å². The van der Waals surface area contributed by atoms with E-state index in [1.54, 1.807) is 24.3 Å². The summed E-state index contributed by atoms with van der Waals surface area (Å²) < 4.78 is 5.10. The summed E-state index contributed by atoms with van der Waals surface area (Å²) in [7, 11) is 0. The van der Waals surface area contributed by atoms with Gasteiger partial charge in [-0.25, -0.2) is 0 Å². The molecule has 2 aromatic rings. The van der Waals surface area contributed by atoms with E-state index < -0.39 is 0 Å². The zero-order valence-corrected chi connectivity index (χ0v) is 11.0. The van der Waals surface area contributed by atoms with Crippen LogP contribution in [0.2, 0.25) is 10.0 Å². The summed E-state index contributed by atoms with van der Waals surface area (Å²) >= 11 is 11.8. The van der Waals surface area contributed by atoms with E-state index in [0.29, 0.717) is 34.8 Å². The lowest BCUT2D eigenvalue weighted by atomic mass is 10.2. The molecule has 0 saturated heterocycles. The summed E-state index contributed by atoms with van der Waals surface area (Å²) in [5.74, 6) is 1.00. The predicted octanol–water partition coefficient (Wildman–Crippen LogP) is 3.32. The average molecular weight is 284 g/mol. The fourth-order valence-corrected chi connectivity index (χ4v) is 1.66. The number of nitrogens with zero attached hydrogens (tertiary/aromatic N) is 2. The topological polar surface area (TPSA) is 51.0 Å². The van der Waals surface area contributed by atoms with E-state index in [1.807, 2.05) is 0 Å². The van der Waals surface area contributed by atoms with E-state index in [-0.39, 0.29) is 0 Å². The first-order valence-electron chi connectivity index (χ1n) is 5.30. The number of rotatable bonds is 5. The molecule has 6 heteroatoms. The number of benzene rings is 1. The highest BCUT2D eigenvalue weighted by atomic mass is 35.5. The number of hydrogen-bond acceptors (Lipinski definition) is 4. The highest BCUT2D eigenvalue weighted by Gasteiger charge is 2.09. The number of aromatic nitrogens is 2. The van der Waals surface area contributed by atoms with Crippen molar-refractivity contribution in [3.8, 4) is 11.4 Å². The van der Waals surface area contributed by atoms with E-state index in [1.165, 1.54) is 0 Å². The van der Waals surface area contributed by atoms with E-state index in [0.717, 1.165) is 5.56 Å². The van der Waals surface area contributed by atoms with Gasteiger partial charge in [-0.1, -0.05) is 34.4 Å². The summed E-state index contributed by atoms with van der Waals surface area (Å²) in [6.07, 6.45) is 1.76. The third-order valence-electron chi connectivity index (χ3n) is 2.21. The summed E-state index contributed by atoms with van der Waals surface area (Å²) in [6.45, 7) is 4.79. The largest absolute Gasteiger partial charge is 0.338 e. The zero-order valence-electron chi connectivity index (χ0n) is 9.49. The van der Waals surface area contributed by atoms with Gasteiger partial charge in [0.1, 0.15) is 0 Å². The summed E-state index contributed by atoms with van der Waals surface area (Å²) in [4.78, 5) is 4.25. The molecule has 1 heterocycles. The molecule has 0 saturated carbocycles. The van der Waals surface area contributed by atoms with Crippen molar-refractivity contribution >= 4 is 23.2 Å². The van der Waals surface area contributed by atoms with Gasteiger partial charge in [-0.3, -0.25) is 0 Å². The van der Waals surface area contributed by atoms with E-state index in [2.05, 4.69) is 22.0 Å². The summed E-state index contributed by atoms with van der Waals surface area (Å²) in [5, 5.41) is 7.92. The SMILES string of the molecule is C=CCNCc1nc(-c2ccc(Cl)c(Cl)c2)no1. The van der Waals surface area contributed by atoms with Crippen LogP contribution in [0.5, 0.6) is 0 Å².